The number of amides is 1. The summed E-state index contributed by atoms with van der Waals surface area (Å²) in [6.07, 6.45) is 11.7. The van der Waals surface area contributed by atoms with Gasteiger partial charge in [0, 0.05) is 12.5 Å². The molecule has 0 N–H and O–H groups in total. The second-order valence-electron chi connectivity index (χ2n) is 8.71. The molecule has 0 aromatic heterocycles. The first kappa shape index (κ1) is 17.8. The molecule has 0 unspecified atom stereocenters. The van der Waals surface area contributed by atoms with Gasteiger partial charge in [-0.1, -0.05) is 18.2 Å². The number of hydrogen-bond donors (Lipinski definition) is 0. The maximum atomic E-state index is 13.6. The van der Waals surface area contributed by atoms with Gasteiger partial charge >= 0.3 is 0 Å². The molecule has 2 aliphatic carbocycles. The minimum atomic E-state index is -0.220. The van der Waals surface area contributed by atoms with E-state index in [1.165, 1.54) is 11.1 Å². The number of carbonyl (C=O) groups excluding carboxylic acids is 1. The lowest BCUT2D eigenvalue weighted by Crippen LogP contribution is -2.52. The van der Waals surface area contributed by atoms with Crippen LogP contribution in [0.15, 0.2) is 36.9 Å². The first-order chi connectivity index (χ1) is 13.7. The van der Waals surface area contributed by atoms with Gasteiger partial charge in [-0.15, -0.1) is 6.58 Å². The number of unbranched alkanes of at least 4 members (excludes halogenated alkanes) is 1. The summed E-state index contributed by atoms with van der Waals surface area (Å²) in [5.74, 6) is 3.38. The summed E-state index contributed by atoms with van der Waals surface area (Å²) in [6.45, 7) is 4.72. The van der Waals surface area contributed by atoms with Crippen molar-refractivity contribution >= 4 is 5.91 Å². The Morgan fingerprint density at radius 3 is 2.71 bits per heavy atom. The van der Waals surface area contributed by atoms with E-state index in [-0.39, 0.29) is 11.5 Å². The number of hydrogen-bond acceptors (Lipinski definition) is 3. The van der Waals surface area contributed by atoms with Crippen molar-refractivity contribution < 1.29 is 14.3 Å². The fraction of sp³-hybridized carbons (Fsp3) is 0.542. The van der Waals surface area contributed by atoms with Crippen LogP contribution >= 0.6 is 0 Å². The standard InChI is InChI=1S/C24H29NO3/c1-4-5-6-10-24-18-14-20(28-3)19(27-2)13-15(18)9-11-25(24)23(26)21-16-7-8-17(12-16)22(21)24/h4,7-8,13-14,16-17,21-22H,1,5-6,9-12H2,2-3H3/t16-,17+,21-,22+,24-/m0/s1. The molecular weight excluding hydrogens is 350 g/mol. The van der Waals surface area contributed by atoms with Crippen LogP contribution in [0.25, 0.3) is 0 Å². The lowest BCUT2D eigenvalue weighted by Gasteiger charge is -2.48. The fourth-order valence-electron chi connectivity index (χ4n) is 6.72. The number of allylic oxidation sites excluding steroid dienone is 3. The molecule has 4 aliphatic rings. The van der Waals surface area contributed by atoms with Crippen molar-refractivity contribution in [3.05, 3.63) is 48.1 Å². The third-order valence-corrected chi connectivity index (χ3v) is 7.69. The molecule has 2 heterocycles. The minimum Gasteiger partial charge on any atom is -0.493 e. The Labute approximate surface area is 167 Å². The molecule has 1 aromatic rings. The van der Waals surface area contributed by atoms with Crippen LogP contribution in [0.4, 0.5) is 0 Å². The summed E-state index contributed by atoms with van der Waals surface area (Å²) in [7, 11) is 3.38. The monoisotopic (exact) mass is 379 g/mol. The summed E-state index contributed by atoms with van der Waals surface area (Å²) in [6, 6.07) is 4.31. The van der Waals surface area contributed by atoms with Crippen LogP contribution in [0, 0.1) is 23.7 Å². The third kappa shape index (κ3) is 2.15. The van der Waals surface area contributed by atoms with Gasteiger partial charge in [0.1, 0.15) is 0 Å². The zero-order valence-corrected chi connectivity index (χ0v) is 16.8. The Morgan fingerprint density at radius 1 is 1.21 bits per heavy atom. The van der Waals surface area contributed by atoms with Crippen molar-refractivity contribution in [1.82, 2.24) is 4.90 Å². The van der Waals surface area contributed by atoms with Crippen molar-refractivity contribution in [3.63, 3.8) is 0 Å². The second-order valence-corrected chi connectivity index (χ2v) is 8.71. The van der Waals surface area contributed by atoms with E-state index in [2.05, 4.69) is 35.8 Å². The number of fused-ring (bicyclic) bond motifs is 9. The zero-order chi connectivity index (χ0) is 19.5. The normalized spacial score (nSPS) is 34.2. The number of methoxy groups -OCH3 is 2. The first-order valence-electron chi connectivity index (χ1n) is 10.5. The molecule has 5 rings (SSSR count). The van der Waals surface area contributed by atoms with Crippen LogP contribution < -0.4 is 9.47 Å². The van der Waals surface area contributed by atoms with Gasteiger partial charge in [-0.05, 0) is 67.2 Å². The highest BCUT2D eigenvalue weighted by molar-refractivity contribution is 5.86. The molecule has 5 atom stereocenters. The Kier molecular flexibility index (Phi) is 4.08. The van der Waals surface area contributed by atoms with Gasteiger partial charge in [-0.2, -0.15) is 0 Å². The van der Waals surface area contributed by atoms with Gasteiger partial charge in [0.15, 0.2) is 11.5 Å². The lowest BCUT2D eigenvalue weighted by molar-refractivity contribution is -0.135. The molecule has 0 radical (unpaired) electrons. The first-order valence-corrected chi connectivity index (χ1v) is 10.5. The van der Waals surface area contributed by atoms with Crippen LogP contribution in [0.1, 0.15) is 36.8 Å². The van der Waals surface area contributed by atoms with E-state index in [1.807, 2.05) is 6.08 Å². The van der Waals surface area contributed by atoms with Gasteiger partial charge in [0.2, 0.25) is 5.91 Å². The molecule has 0 spiro atoms. The van der Waals surface area contributed by atoms with E-state index in [4.69, 9.17) is 9.47 Å². The summed E-state index contributed by atoms with van der Waals surface area (Å²) >= 11 is 0. The van der Waals surface area contributed by atoms with Crippen LogP contribution in [-0.4, -0.2) is 31.6 Å². The molecule has 28 heavy (non-hydrogen) atoms. The van der Waals surface area contributed by atoms with Gasteiger partial charge in [0.05, 0.1) is 25.7 Å². The SMILES string of the molecule is C=CCCC[C@@]12c3cc(OC)c(OC)cc3CCN1C(=O)[C@@H]1[C@H]2[C@@H]2C=C[C@H]1C2. The van der Waals surface area contributed by atoms with Crippen LogP contribution in [0.5, 0.6) is 11.5 Å². The molecule has 148 valence electrons. The predicted octanol–water partition coefficient (Wildman–Crippen LogP) is 4.09. The molecule has 2 aliphatic heterocycles. The summed E-state index contributed by atoms with van der Waals surface area (Å²) < 4.78 is 11.2. The van der Waals surface area contributed by atoms with Crippen LogP contribution in [0.3, 0.4) is 0 Å². The van der Waals surface area contributed by atoms with Crippen molar-refractivity contribution in [1.29, 1.82) is 0 Å². The molecule has 4 nitrogen and oxygen atoms in total. The molecule has 4 heteroatoms. The maximum absolute atomic E-state index is 13.6. The van der Waals surface area contributed by atoms with E-state index in [1.54, 1.807) is 14.2 Å². The van der Waals surface area contributed by atoms with Gasteiger partial charge in [-0.25, -0.2) is 0 Å². The molecule has 1 saturated heterocycles. The van der Waals surface area contributed by atoms with E-state index in [0.717, 1.165) is 50.1 Å². The second kappa shape index (κ2) is 6.40. The highest BCUT2D eigenvalue weighted by Gasteiger charge is 2.67. The summed E-state index contributed by atoms with van der Waals surface area (Å²) in [5, 5.41) is 0. The molecular formula is C24H29NO3. The number of nitrogens with zero attached hydrogens (tertiary/aromatic N) is 1. The van der Waals surface area contributed by atoms with Gasteiger partial charge in [0.25, 0.3) is 0 Å². The largest absolute Gasteiger partial charge is 0.493 e. The highest BCUT2D eigenvalue weighted by atomic mass is 16.5. The molecule has 1 saturated carbocycles. The maximum Gasteiger partial charge on any atom is 0.227 e. The number of ether oxygens (including phenoxy) is 2. The van der Waals surface area contributed by atoms with Crippen LogP contribution in [-0.2, 0) is 16.8 Å². The zero-order valence-electron chi connectivity index (χ0n) is 16.8. The topological polar surface area (TPSA) is 38.8 Å². The summed E-state index contributed by atoms with van der Waals surface area (Å²) in [5.41, 5.74) is 2.39. The van der Waals surface area contributed by atoms with E-state index in [0.29, 0.717) is 23.7 Å². The average Bonchev–Trinajstić information content (AvgIpc) is 3.40. The van der Waals surface area contributed by atoms with Crippen molar-refractivity contribution in [2.24, 2.45) is 23.7 Å². The van der Waals surface area contributed by atoms with Crippen molar-refractivity contribution in [3.8, 4) is 11.5 Å². The quantitative estimate of drug-likeness (QED) is 0.552. The minimum absolute atomic E-state index is 0.151. The van der Waals surface area contributed by atoms with Crippen LogP contribution in [0.2, 0.25) is 0 Å². The van der Waals surface area contributed by atoms with Crippen molar-refractivity contribution in [2.45, 2.75) is 37.6 Å². The average molecular weight is 380 g/mol. The van der Waals surface area contributed by atoms with E-state index < -0.39 is 0 Å². The number of rotatable bonds is 6. The third-order valence-electron chi connectivity index (χ3n) is 7.69. The predicted molar refractivity (Wildman–Crippen MR) is 108 cm³/mol. The molecule has 1 aromatic carbocycles. The molecule has 1 amide bonds. The van der Waals surface area contributed by atoms with Crippen molar-refractivity contribution in [2.75, 3.05) is 20.8 Å². The van der Waals surface area contributed by atoms with Gasteiger partial charge < -0.3 is 14.4 Å². The molecule has 2 fully saturated rings. The smallest absolute Gasteiger partial charge is 0.227 e. The Balaban J connectivity index is 1.70. The van der Waals surface area contributed by atoms with E-state index in [9.17, 15) is 4.79 Å². The number of benzene rings is 1. The van der Waals surface area contributed by atoms with E-state index >= 15 is 0 Å². The molecule has 2 bridgehead atoms. The fourth-order valence-corrected chi connectivity index (χ4v) is 6.72. The highest BCUT2D eigenvalue weighted by Crippen LogP contribution is 2.65. The lowest BCUT2D eigenvalue weighted by atomic mass is 9.66. The number of carbonyl (C=O) groups is 1. The Bertz CT molecular complexity index is 860. The Morgan fingerprint density at radius 2 is 1.96 bits per heavy atom. The summed E-state index contributed by atoms with van der Waals surface area (Å²) in [4.78, 5) is 15.8. The van der Waals surface area contributed by atoms with Gasteiger partial charge in [-0.3, -0.25) is 4.79 Å². The Hall–Kier alpha value is -2.23.